The fourth-order valence-corrected chi connectivity index (χ4v) is 2.58. The highest BCUT2D eigenvalue weighted by atomic mass is 16.5. The maximum atomic E-state index is 11.8. The zero-order chi connectivity index (χ0) is 18.9. The molecule has 2 N–H and O–H groups in total. The smallest absolute Gasteiger partial charge is 0.407 e. The lowest BCUT2D eigenvalue weighted by Crippen LogP contribution is -2.35. The summed E-state index contributed by atoms with van der Waals surface area (Å²) >= 11 is 0. The van der Waals surface area contributed by atoms with Gasteiger partial charge in [0.2, 0.25) is 0 Å². The van der Waals surface area contributed by atoms with E-state index >= 15 is 0 Å². The van der Waals surface area contributed by atoms with E-state index in [1.54, 1.807) is 13.2 Å². The quantitative estimate of drug-likeness (QED) is 0.723. The molecule has 26 heavy (non-hydrogen) atoms. The number of benzene rings is 2. The zero-order valence-electron chi connectivity index (χ0n) is 15.2. The number of alkyl carbamates (subject to hydrolysis) is 1. The molecule has 2 unspecified atom stereocenters. The van der Waals surface area contributed by atoms with Crippen LogP contribution in [-0.2, 0) is 4.74 Å². The van der Waals surface area contributed by atoms with E-state index in [1.165, 1.54) is 7.11 Å². The van der Waals surface area contributed by atoms with Crippen LogP contribution in [0.4, 0.5) is 4.79 Å². The summed E-state index contributed by atoms with van der Waals surface area (Å²) in [4.78, 5) is 11.8. The number of nitrogens with one attached hydrogen (secondary N) is 2. The van der Waals surface area contributed by atoms with Crippen LogP contribution >= 0.6 is 0 Å². The molecule has 0 bridgehead atoms. The molecule has 0 aliphatic carbocycles. The van der Waals surface area contributed by atoms with Crippen LogP contribution in [0.1, 0.15) is 24.1 Å². The van der Waals surface area contributed by atoms with Crippen molar-refractivity contribution in [1.82, 2.24) is 5.32 Å². The summed E-state index contributed by atoms with van der Waals surface area (Å²) in [5.74, 6) is 0.486. The molecule has 2 atom stereocenters. The monoisotopic (exact) mass is 352 g/mol. The number of allylic oxidation sites excluding steroid dienone is 1. The van der Waals surface area contributed by atoms with E-state index in [2.05, 4.69) is 5.32 Å². The lowest BCUT2D eigenvalue weighted by Gasteiger charge is -2.25. The number of methoxy groups -OCH3 is 2. The standard InChI is InChI=1S/C21H24N2O3/c1-15(19(22)14-9-16-7-5-4-6-8-16)20(23-21(24)26-3)17-10-12-18(25-2)13-11-17/h4-15,20,22H,1-3H3,(H,23,24)/b14-9+,22-19?. The minimum atomic E-state index is -0.530. The van der Waals surface area contributed by atoms with Gasteiger partial charge in [-0.15, -0.1) is 0 Å². The summed E-state index contributed by atoms with van der Waals surface area (Å²) < 4.78 is 9.92. The number of carbonyl (C=O) groups excluding carboxylic acids is 1. The van der Waals surface area contributed by atoms with Gasteiger partial charge in [0.1, 0.15) is 5.75 Å². The molecule has 2 aromatic carbocycles. The van der Waals surface area contributed by atoms with Crippen molar-refractivity contribution in [3.63, 3.8) is 0 Å². The van der Waals surface area contributed by atoms with Gasteiger partial charge in [0.05, 0.1) is 20.3 Å². The minimum Gasteiger partial charge on any atom is -0.497 e. The molecule has 136 valence electrons. The van der Waals surface area contributed by atoms with Crippen molar-refractivity contribution in [1.29, 1.82) is 5.41 Å². The third-order valence-corrected chi connectivity index (χ3v) is 4.18. The molecular formula is C21H24N2O3. The van der Waals surface area contributed by atoms with E-state index in [1.807, 2.05) is 67.6 Å². The Morgan fingerprint density at radius 2 is 1.73 bits per heavy atom. The van der Waals surface area contributed by atoms with Crippen LogP contribution in [0.5, 0.6) is 5.75 Å². The van der Waals surface area contributed by atoms with Crippen LogP contribution in [0.3, 0.4) is 0 Å². The highest BCUT2D eigenvalue weighted by Crippen LogP contribution is 2.25. The average Bonchev–Trinajstić information content (AvgIpc) is 2.70. The van der Waals surface area contributed by atoms with Crippen molar-refractivity contribution in [2.45, 2.75) is 13.0 Å². The molecule has 0 spiro atoms. The minimum absolute atomic E-state index is 0.248. The first kappa shape index (κ1) is 19.2. The fourth-order valence-electron chi connectivity index (χ4n) is 2.58. The Hall–Kier alpha value is -3.08. The number of amides is 1. The number of ether oxygens (including phenoxy) is 2. The summed E-state index contributed by atoms with van der Waals surface area (Å²) in [5.41, 5.74) is 2.30. The molecule has 0 saturated heterocycles. The van der Waals surface area contributed by atoms with E-state index < -0.39 is 6.09 Å². The maximum Gasteiger partial charge on any atom is 0.407 e. The van der Waals surface area contributed by atoms with Crippen molar-refractivity contribution in [2.24, 2.45) is 5.92 Å². The Labute approximate surface area is 154 Å². The van der Waals surface area contributed by atoms with Gasteiger partial charge in [0.15, 0.2) is 0 Å². The second-order valence-corrected chi connectivity index (χ2v) is 5.87. The van der Waals surface area contributed by atoms with Crippen molar-refractivity contribution >= 4 is 17.9 Å². The van der Waals surface area contributed by atoms with Crippen LogP contribution in [0.2, 0.25) is 0 Å². The van der Waals surface area contributed by atoms with Gasteiger partial charge in [-0.25, -0.2) is 4.79 Å². The van der Waals surface area contributed by atoms with E-state index in [9.17, 15) is 4.79 Å². The predicted octanol–water partition coefficient (Wildman–Crippen LogP) is 4.46. The molecule has 0 aliphatic heterocycles. The van der Waals surface area contributed by atoms with Crippen molar-refractivity contribution in [3.8, 4) is 5.75 Å². The molecule has 5 nitrogen and oxygen atoms in total. The molecule has 1 amide bonds. The summed E-state index contributed by atoms with van der Waals surface area (Å²) in [6, 6.07) is 16.8. The Kier molecular flexibility index (Phi) is 6.97. The Balaban J connectivity index is 2.20. The Bertz CT molecular complexity index is 755. The third kappa shape index (κ3) is 5.21. The van der Waals surface area contributed by atoms with Gasteiger partial charge in [-0.1, -0.05) is 55.5 Å². The summed E-state index contributed by atoms with van der Waals surface area (Å²) in [5, 5.41) is 11.2. The molecule has 2 rings (SSSR count). The van der Waals surface area contributed by atoms with Crippen LogP contribution in [0.15, 0.2) is 60.7 Å². The van der Waals surface area contributed by atoms with Gasteiger partial charge < -0.3 is 20.2 Å². The second kappa shape index (κ2) is 9.42. The first-order valence-corrected chi connectivity index (χ1v) is 8.35. The third-order valence-electron chi connectivity index (χ3n) is 4.18. The summed E-state index contributed by atoms with van der Waals surface area (Å²) in [7, 11) is 2.93. The molecule has 2 aromatic rings. The number of hydrogen-bond donors (Lipinski definition) is 2. The molecule has 0 radical (unpaired) electrons. The van der Waals surface area contributed by atoms with E-state index in [-0.39, 0.29) is 12.0 Å². The molecular weight excluding hydrogens is 328 g/mol. The van der Waals surface area contributed by atoms with E-state index in [0.717, 1.165) is 16.9 Å². The number of hydrogen-bond acceptors (Lipinski definition) is 4. The molecule has 0 saturated carbocycles. The van der Waals surface area contributed by atoms with Gasteiger partial charge in [0, 0.05) is 11.6 Å². The second-order valence-electron chi connectivity index (χ2n) is 5.87. The molecule has 5 heteroatoms. The van der Waals surface area contributed by atoms with E-state index in [4.69, 9.17) is 14.9 Å². The fraction of sp³-hybridized carbons (Fsp3) is 0.238. The van der Waals surface area contributed by atoms with Crippen molar-refractivity contribution in [2.75, 3.05) is 14.2 Å². The lowest BCUT2D eigenvalue weighted by atomic mass is 9.90. The van der Waals surface area contributed by atoms with Crippen LogP contribution in [0.25, 0.3) is 6.08 Å². The van der Waals surface area contributed by atoms with Crippen LogP contribution in [-0.4, -0.2) is 26.0 Å². The highest BCUT2D eigenvalue weighted by Gasteiger charge is 2.24. The summed E-state index contributed by atoms with van der Waals surface area (Å²) in [6.07, 6.45) is 3.12. The SMILES string of the molecule is COC(=O)NC(c1ccc(OC)cc1)C(C)C(=N)/C=C/c1ccccc1. The predicted molar refractivity (Wildman–Crippen MR) is 104 cm³/mol. The van der Waals surface area contributed by atoms with Gasteiger partial charge in [-0.2, -0.15) is 0 Å². The normalized spacial score (nSPS) is 13.0. The van der Waals surface area contributed by atoms with Gasteiger partial charge in [0.25, 0.3) is 0 Å². The summed E-state index contributed by atoms with van der Waals surface area (Å²) in [6.45, 7) is 1.91. The number of rotatable bonds is 7. The van der Waals surface area contributed by atoms with Crippen LogP contribution < -0.4 is 10.1 Å². The van der Waals surface area contributed by atoms with Crippen molar-refractivity contribution in [3.05, 3.63) is 71.8 Å². The largest absolute Gasteiger partial charge is 0.497 e. The lowest BCUT2D eigenvalue weighted by molar-refractivity contribution is 0.164. The van der Waals surface area contributed by atoms with Gasteiger partial charge >= 0.3 is 6.09 Å². The number of carbonyl (C=O) groups is 1. The molecule has 0 aliphatic rings. The Morgan fingerprint density at radius 1 is 1.08 bits per heavy atom. The van der Waals surface area contributed by atoms with E-state index in [0.29, 0.717) is 5.71 Å². The van der Waals surface area contributed by atoms with Crippen LogP contribution in [0, 0.1) is 11.3 Å². The van der Waals surface area contributed by atoms with Gasteiger partial charge in [-0.05, 0) is 29.3 Å². The molecule has 0 aromatic heterocycles. The maximum absolute atomic E-state index is 11.8. The average molecular weight is 352 g/mol. The van der Waals surface area contributed by atoms with Crippen molar-refractivity contribution < 1.29 is 14.3 Å². The zero-order valence-corrected chi connectivity index (χ0v) is 15.2. The molecule has 0 heterocycles. The first-order chi connectivity index (χ1) is 12.5. The first-order valence-electron chi connectivity index (χ1n) is 8.35. The Morgan fingerprint density at radius 3 is 2.31 bits per heavy atom. The topological polar surface area (TPSA) is 71.4 Å². The van der Waals surface area contributed by atoms with Gasteiger partial charge in [-0.3, -0.25) is 0 Å². The highest BCUT2D eigenvalue weighted by molar-refractivity contribution is 5.98. The molecule has 0 fully saturated rings.